The molecule has 3 heterocycles. The van der Waals surface area contributed by atoms with Crippen LogP contribution in [-0.2, 0) is 6.54 Å². The van der Waals surface area contributed by atoms with Crippen molar-refractivity contribution in [1.82, 2.24) is 20.1 Å². The number of hydrogen-bond acceptors (Lipinski definition) is 4. The molecule has 25 heavy (non-hydrogen) atoms. The van der Waals surface area contributed by atoms with E-state index in [2.05, 4.69) is 32.2 Å². The molecule has 1 N–H and O–H groups in total. The summed E-state index contributed by atoms with van der Waals surface area (Å²) in [7, 11) is 1.68. The first-order valence-corrected chi connectivity index (χ1v) is 8.63. The Hall–Kier alpha value is -2.66. The third kappa shape index (κ3) is 3.56. The SMILES string of the molecule is COc1ccc(-c2cc([C@@H]3CCN(Cc4cccnc4)C3)[nH]n2)cc1. The molecule has 1 aliphatic heterocycles. The molecule has 5 nitrogen and oxygen atoms in total. The van der Waals surface area contributed by atoms with Crippen LogP contribution in [-0.4, -0.2) is 40.3 Å². The van der Waals surface area contributed by atoms with E-state index in [1.165, 1.54) is 11.3 Å². The van der Waals surface area contributed by atoms with Crippen LogP contribution in [0.2, 0.25) is 0 Å². The average Bonchev–Trinajstić information content (AvgIpc) is 3.32. The minimum absolute atomic E-state index is 0.510. The second-order valence-corrected chi connectivity index (χ2v) is 6.52. The molecule has 0 radical (unpaired) electrons. The number of methoxy groups -OCH3 is 1. The van der Waals surface area contributed by atoms with Gasteiger partial charge in [-0.05, 0) is 54.9 Å². The van der Waals surface area contributed by atoms with Gasteiger partial charge in [-0.2, -0.15) is 5.10 Å². The predicted octanol–water partition coefficient (Wildman–Crippen LogP) is 3.47. The van der Waals surface area contributed by atoms with Crippen LogP contribution in [0.3, 0.4) is 0 Å². The first-order valence-electron chi connectivity index (χ1n) is 8.63. The largest absolute Gasteiger partial charge is 0.497 e. The fraction of sp³-hybridized carbons (Fsp3) is 0.300. The lowest BCUT2D eigenvalue weighted by atomic mass is 10.0. The lowest BCUT2D eigenvalue weighted by Crippen LogP contribution is -2.19. The number of H-pyrrole nitrogens is 1. The first kappa shape index (κ1) is 15.8. The standard InChI is InChI=1S/C20H22N4O/c1-25-18-6-4-16(5-7-18)19-11-20(23-22-19)17-8-10-24(14-17)13-15-3-2-9-21-12-15/h2-7,9,11-12,17H,8,10,13-14H2,1H3,(H,22,23)/t17-/m1/s1. The summed E-state index contributed by atoms with van der Waals surface area (Å²) in [5.74, 6) is 1.37. The third-order valence-electron chi connectivity index (χ3n) is 4.82. The minimum atomic E-state index is 0.510. The Kier molecular flexibility index (Phi) is 4.48. The van der Waals surface area contributed by atoms with Crippen LogP contribution in [0.15, 0.2) is 54.9 Å². The Morgan fingerprint density at radius 1 is 1.24 bits per heavy atom. The topological polar surface area (TPSA) is 54.0 Å². The molecule has 0 saturated carbocycles. The smallest absolute Gasteiger partial charge is 0.118 e. The highest BCUT2D eigenvalue weighted by Gasteiger charge is 2.25. The summed E-state index contributed by atoms with van der Waals surface area (Å²) in [6.07, 6.45) is 4.93. The van der Waals surface area contributed by atoms with E-state index in [1.807, 2.05) is 42.7 Å². The molecule has 1 saturated heterocycles. The van der Waals surface area contributed by atoms with E-state index < -0.39 is 0 Å². The fourth-order valence-electron chi connectivity index (χ4n) is 3.44. The Morgan fingerprint density at radius 2 is 2.12 bits per heavy atom. The number of nitrogens with zero attached hydrogens (tertiary/aromatic N) is 3. The van der Waals surface area contributed by atoms with Crippen LogP contribution in [0.25, 0.3) is 11.3 Å². The summed E-state index contributed by atoms with van der Waals surface area (Å²) < 4.78 is 5.21. The van der Waals surface area contributed by atoms with Crippen molar-refractivity contribution in [1.29, 1.82) is 0 Å². The molecular formula is C20H22N4O. The van der Waals surface area contributed by atoms with E-state index in [9.17, 15) is 0 Å². The van der Waals surface area contributed by atoms with Crippen LogP contribution < -0.4 is 4.74 Å². The van der Waals surface area contributed by atoms with E-state index in [4.69, 9.17) is 4.74 Å². The second-order valence-electron chi connectivity index (χ2n) is 6.52. The third-order valence-corrected chi connectivity index (χ3v) is 4.82. The average molecular weight is 334 g/mol. The highest BCUT2D eigenvalue weighted by atomic mass is 16.5. The molecule has 0 amide bonds. The molecule has 0 aliphatic carbocycles. The lowest BCUT2D eigenvalue weighted by molar-refractivity contribution is 0.326. The Bertz CT molecular complexity index is 813. The van der Waals surface area contributed by atoms with Gasteiger partial charge in [0.2, 0.25) is 0 Å². The van der Waals surface area contributed by atoms with Crippen LogP contribution in [0, 0.1) is 0 Å². The van der Waals surface area contributed by atoms with Gasteiger partial charge in [-0.15, -0.1) is 0 Å². The molecule has 2 aromatic heterocycles. The number of hydrogen-bond donors (Lipinski definition) is 1. The zero-order valence-electron chi connectivity index (χ0n) is 14.4. The number of benzene rings is 1. The van der Waals surface area contributed by atoms with Crippen LogP contribution in [0.5, 0.6) is 5.75 Å². The number of ether oxygens (including phenoxy) is 1. The summed E-state index contributed by atoms with van der Waals surface area (Å²) in [6, 6.07) is 14.3. The van der Waals surface area contributed by atoms with Gasteiger partial charge in [-0.25, -0.2) is 0 Å². The van der Waals surface area contributed by atoms with Gasteiger partial charge in [0, 0.05) is 42.7 Å². The summed E-state index contributed by atoms with van der Waals surface area (Å²) in [4.78, 5) is 6.68. The maximum Gasteiger partial charge on any atom is 0.118 e. The molecule has 1 fully saturated rings. The zero-order valence-corrected chi connectivity index (χ0v) is 14.4. The Labute approximate surface area is 147 Å². The molecule has 5 heteroatoms. The second kappa shape index (κ2) is 7.07. The molecule has 128 valence electrons. The van der Waals surface area contributed by atoms with Gasteiger partial charge in [-0.1, -0.05) is 6.07 Å². The van der Waals surface area contributed by atoms with E-state index in [0.717, 1.165) is 43.1 Å². The summed E-state index contributed by atoms with van der Waals surface area (Å²) in [5.41, 5.74) is 4.59. The number of likely N-dealkylation sites (tertiary alicyclic amines) is 1. The Morgan fingerprint density at radius 3 is 2.88 bits per heavy atom. The maximum atomic E-state index is 5.21. The highest BCUT2D eigenvalue weighted by molar-refractivity contribution is 5.60. The van der Waals surface area contributed by atoms with Crippen molar-refractivity contribution in [3.63, 3.8) is 0 Å². The van der Waals surface area contributed by atoms with Gasteiger partial charge in [0.1, 0.15) is 5.75 Å². The van der Waals surface area contributed by atoms with E-state index in [1.54, 1.807) is 7.11 Å². The monoisotopic (exact) mass is 334 g/mol. The lowest BCUT2D eigenvalue weighted by Gasteiger charge is -2.15. The van der Waals surface area contributed by atoms with Crippen molar-refractivity contribution < 1.29 is 4.74 Å². The number of aromatic nitrogens is 3. The van der Waals surface area contributed by atoms with Crippen molar-refractivity contribution in [2.45, 2.75) is 18.9 Å². The molecule has 4 rings (SSSR count). The van der Waals surface area contributed by atoms with Crippen molar-refractivity contribution in [2.75, 3.05) is 20.2 Å². The number of pyridine rings is 1. The van der Waals surface area contributed by atoms with E-state index >= 15 is 0 Å². The molecule has 3 aromatic rings. The van der Waals surface area contributed by atoms with E-state index in [0.29, 0.717) is 5.92 Å². The summed E-state index contributed by atoms with van der Waals surface area (Å²) in [5, 5.41) is 7.74. The number of nitrogens with one attached hydrogen (secondary N) is 1. The van der Waals surface area contributed by atoms with Crippen LogP contribution >= 0.6 is 0 Å². The summed E-state index contributed by atoms with van der Waals surface area (Å²) in [6.45, 7) is 3.12. The number of rotatable bonds is 5. The van der Waals surface area contributed by atoms with Gasteiger partial charge >= 0.3 is 0 Å². The van der Waals surface area contributed by atoms with Crippen molar-refractivity contribution in [3.8, 4) is 17.0 Å². The maximum absolute atomic E-state index is 5.21. The van der Waals surface area contributed by atoms with E-state index in [-0.39, 0.29) is 0 Å². The van der Waals surface area contributed by atoms with Gasteiger partial charge in [-0.3, -0.25) is 15.0 Å². The highest BCUT2D eigenvalue weighted by Crippen LogP contribution is 2.29. The minimum Gasteiger partial charge on any atom is -0.497 e. The van der Waals surface area contributed by atoms with Gasteiger partial charge in [0.25, 0.3) is 0 Å². The van der Waals surface area contributed by atoms with Gasteiger partial charge in [0.05, 0.1) is 12.8 Å². The molecule has 1 aliphatic rings. The molecule has 1 aromatic carbocycles. The number of aromatic amines is 1. The molecule has 0 spiro atoms. The fourth-order valence-corrected chi connectivity index (χ4v) is 3.44. The van der Waals surface area contributed by atoms with Crippen molar-refractivity contribution in [2.24, 2.45) is 0 Å². The molecule has 1 atom stereocenters. The molecule has 0 unspecified atom stereocenters. The molecular weight excluding hydrogens is 312 g/mol. The quantitative estimate of drug-likeness (QED) is 0.776. The zero-order chi connectivity index (χ0) is 17.1. The normalized spacial score (nSPS) is 17.7. The van der Waals surface area contributed by atoms with Crippen molar-refractivity contribution >= 4 is 0 Å². The summed E-state index contributed by atoms with van der Waals surface area (Å²) >= 11 is 0. The van der Waals surface area contributed by atoms with Crippen molar-refractivity contribution in [3.05, 3.63) is 66.1 Å². The van der Waals surface area contributed by atoms with Gasteiger partial charge in [0.15, 0.2) is 0 Å². The predicted molar refractivity (Wildman–Crippen MR) is 97.4 cm³/mol. The molecule has 0 bridgehead atoms. The van der Waals surface area contributed by atoms with Crippen LogP contribution in [0.4, 0.5) is 0 Å². The van der Waals surface area contributed by atoms with Crippen LogP contribution in [0.1, 0.15) is 23.6 Å². The first-order chi connectivity index (χ1) is 12.3. The van der Waals surface area contributed by atoms with Gasteiger partial charge < -0.3 is 4.74 Å². The Balaban J connectivity index is 1.42.